The van der Waals surface area contributed by atoms with Crippen LogP contribution in [0.15, 0.2) is 51.4 Å². The van der Waals surface area contributed by atoms with Crippen molar-refractivity contribution < 1.29 is 4.79 Å². The minimum Gasteiger partial charge on any atom is -0.293 e. The zero-order valence-electron chi connectivity index (χ0n) is 11.5. The van der Waals surface area contributed by atoms with Gasteiger partial charge in [0.2, 0.25) is 0 Å². The lowest BCUT2D eigenvalue weighted by Gasteiger charge is -2.16. The lowest BCUT2D eigenvalue weighted by atomic mass is 9.88. The molecule has 0 N–H and O–H groups in total. The number of Topliss-reactive ketones (excluding diaryl/α,β-unsaturated/α-hetero) is 1. The van der Waals surface area contributed by atoms with E-state index >= 15 is 0 Å². The van der Waals surface area contributed by atoms with E-state index in [0.717, 1.165) is 32.1 Å². The summed E-state index contributed by atoms with van der Waals surface area (Å²) in [4.78, 5) is 12.8. The molecule has 3 heteroatoms. The number of halogens is 2. The van der Waals surface area contributed by atoms with Crippen molar-refractivity contribution in [3.63, 3.8) is 0 Å². The van der Waals surface area contributed by atoms with Gasteiger partial charge in [0.25, 0.3) is 0 Å². The molecule has 0 aliphatic heterocycles. The number of benzene rings is 2. The van der Waals surface area contributed by atoms with Crippen LogP contribution in [0.3, 0.4) is 0 Å². The van der Waals surface area contributed by atoms with Crippen LogP contribution in [0, 0.1) is 6.92 Å². The Labute approximate surface area is 136 Å². The van der Waals surface area contributed by atoms with Crippen LogP contribution in [0.25, 0.3) is 0 Å². The number of hydrogen-bond acceptors (Lipinski definition) is 1. The molecule has 0 fully saturated rings. The summed E-state index contributed by atoms with van der Waals surface area (Å²) in [7, 11) is 0. The zero-order valence-corrected chi connectivity index (χ0v) is 14.7. The summed E-state index contributed by atoms with van der Waals surface area (Å²) in [6.07, 6.45) is 0.792. The van der Waals surface area contributed by atoms with Crippen molar-refractivity contribution in [3.05, 3.63) is 68.1 Å². The van der Waals surface area contributed by atoms with Crippen LogP contribution < -0.4 is 0 Å². The normalized spacial score (nSPS) is 12.2. The summed E-state index contributed by atoms with van der Waals surface area (Å²) in [5, 5.41) is 0. The third-order valence-corrected chi connectivity index (χ3v) is 4.95. The molecule has 0 saturated carbocycles. The maximum absolute atomic E-state index is 12.8. The van der Waals surface area contributed by atoms with Crippen LogP contribution in [-0.4, -0.2) is 5.78 Å². The molecule has 0 heterocycles. The van der Waals surface area contributed by atoms with Gasteiger partial charge >= 0.3 is 0 Å². The molecule has 2 rings (SSSR count). The predicted octanol–water partition coefficient (Wildman–Crippen LogP) is 5.90. The Balaban J connectivity index is 2.42. The molecule has 1 unspecified atom stereocenters. The highest BCUT2D eigenvalue weighted by atomic mass is 79.9. The quantitative estimate of drug-likeness (QED) is 0.589. The van der Waals surface area contributed by atoms with Gasteiger partial charge < -0.3 is 0 Å². The summed E-state index contributed by atoms with van der Waals surface area (Å²) in [6, 6.07) is 13.9. The molecule has 1 nitrogen and oxygen atoms in total. The number of hydrogen-bond donors (Lipinski definition) is 0. The SMILES string of the molecule is CCC(C(=O)c1cc(Br)c(C)cc1Br)c1ccccc1. The molecule has 20 heavy (non-hydrogen) atoms. The van der Waals surface area contributed by atoms with E-state index in [1.54, 1.807) is 0 Å². The number of rotatable bonds is 4. The van der Waals surface area contributed by atoms with E-state index in [1.807, 2.05) is 56.3 Å². The highest BCUT2D eigenvalue weighted by Gasteiger charge is 2.22. The number of ketones is 1. The van der Waals surface area contributed by atoms with Crippen LogP contribution in [0.5, 0.6) is 0 Å². The van der Waals surface area contributed by atoms with Gasteiger partial charge in [0.05, 0.1) is 0 Å². The monoisotopic (exact) mass is 394 g/mol. The minimum absolute atomic E-state index is 0.0953. The van der Waals surface area contributed by atoms with Crippen molar-refractivity contribution in [2.24, 2.45) is 0 Å². The molecule has 0 bridgehead atoms. The summed E-state index contributed by atoms with van der Waals surface area (Å²) >= 11 is 7.01. The molecule has 0 amide bonds. The van der Waals surface area contributed by atoms with E-state index in [0.29, 0.717) is 0 Å². The fourth-order valence-corrected chi connectivity index (χ4v) is 3.28. The molecule has 2 aromatic rings. The Kier molecular flexibility index (Phi) is 5.17. The molecular weight excluding hydrogens is 380 g/mol. The van der Waals surface area contributed by atoms with Crippen LogP contribution in [0.1, 0.15) is 40.7 Å². The van der Waals surface area contributed by atoms with Crippen molar-refractivity contribution in [3.8, 4) is 0 Å². The number of carbonyl (C=O) groups is 1. The second-order valence-corrected chi connectivity index (χ2v) is 6.53. The third-order valence-electron chi connectivity index (χ3n) is 3.44. The van der Waals surface area contributed by atoms with Gasteiger partial charge in [-0.3, -0.25) is 4.79 Å². The molecular formula is C17H16Br2O. The molecule has 0 spiro atoms. The first-order valence-corrected chi connectivity index (χ1v) is 8.18. The fraction of sp³-hybridized carbons (Fsp3) is 0.235. The molecule has 0 aliphatic carbocycles. The summed E-state index contributed by atoms with van der Waals surface area (Å²) < 4.78 is 1.82. The Morgan fingerprint density at radius 1 is 1.10 bits per heavy atom. The molecule has 0 saturated heterocycles. The first kappa shape index (κ1) is 15.5. The van der Waals surface area contributed by atoms with Gasteiger partial charge in [0, 0.05) is 20.4 Å². The number of carbonyl (C=O) groups excluding carboxylic acids is 1. The molecule has 0 radical (unpaired) electrons. The largest absolute Gasteiger partial charge is 0.293 e. The van der Waals surface area contributed by atoms with Gasteiger partial charge in [0.15, 0.2) is 5.78 Å². The van der Waals surface area contributed by atoms with Crippen molar-refractivity contribution >= 4 is 37.6 Å². The topological polar surface area (TPSA) is 17.1 Å². The molecule has 0 aliphatic rings. The van der Waals surface area contributed by atoms with E-state index < -0.39 is 0 Å². The van der Waals surface area contributed by atoms with Crippen LogP contribution in [0.2, 0.25) is 0 Å². The van der Waals surface area contributed by atoms with Crippen LogP contribution in [0.4, 0.5) is 0 Å². The maximum Gasteiger partial charge on any atom is 0.171 e. The minimum atomic E-state index is -0.0953. The average molecular weight is 396 g/mol. The van der Waals surface area contributed by atoms with Gasteiger partial charge in [0.1, 0.15) is 0 Å². The first-order valence-electron chi connectivity index (χ1n) is 6.59. The van der Waals surface area contributed by atoms with Gasteiger partial charge in [-0.15, -0.1) is 0 Å². The Hall–Kier alpha value is -0.930. The Bertz CT molecular complexity index is 620. The van der Waals surface area contributed by atoms with Crippen molar-refractivity contribution in [1.82, 2.24) is 0 Å². The maximum atomic E-state index is 12.8. The smallest absolute Gasteiger partial charge is 0.171 e. The lowest BCUT2D eigenvalue weighted by molar-refractivity contribution is 0.0956. The van der Waals surface area contributed by atoms with E-state index in [4.69, 9.17) is 0 Å². The Morgan fingerprint density at radius 3 is 2.35 bits per heavy atom. The number of aryl methyl sites for hydroxylation is 1. The van der Waals surface area contributed by atoms with Gasteiger partial charge in [-0.1, -0.05) is 69.1 Å². The van der Waals surface area contributed by atoms with E-state index in [9.17, 15) is 4.79 Å². The molecule has 2 aromatic carbocycles. The average Bonchev–Trinajstić information content (AvgIpc) is 2.44. The Morgan fingerprint density at radius 2 is 1.75 bits per heavy atom. The molecule has 0 aromatic heterocycles. The molecule has 1 atom stereocenters. The van der Waals surface area contributed by atoms with Crippen molar-refractivity contribution in [2.45, 2.75) is 26.2 Å². The van der Waals surface area contributed by atoms with Crippen LogP contribution >= 0.6 is 31.9 Å². The molecule has 104 valence electrons. The first-order chi connectivity index (χ1) is 9.54. The highest BCUT2D eigenvalue weighted by molar-refractivity contribution is 9.11. The summed E-state index contributed by atoms with van der Waals surface area (Å²) in [5.74, 6) is 0.0633. The van der Waals surface area contributed by atoms with Gasteiger partial charge in [-0.05, 0) is 36.6 Å². The lowest BCUT2D eigenvalue weighted by Crippen LogP contribution is -2.13. The summed E-state index contributed by atoms with van der Waals surface area (Å²) in [5.41, 5.74) is 2.92. The van der Waals surface area contributed by atoms with Crippen LogP contribution in [-0.2, 0) is 0 Å². The summed E-state index contributed by atoms with van der Waals surface area (Å²) in [6.45, 7) is 4.06. The predicted molar refractivity (Wildman–Crippen MR) is 90.4 cm³/mol. The van der Waals surface area contributed by atoms with E-state index in [1.165, 1.54) is 0 Å². The second-order valence-electron chi connectivity index (χ2n) is 4.82. The second kappa shape index (κ2) is 6.68. The third kappa shape index (κ3) is 3.21. The highest BCUT2D eigenvalue weighted by Crippen LogP contribution is 2.31. The van der Waals surface area contributed by atoms with Crippen molar-refractivity contribution in [1.29, 1.82) is 0 Å². The van der Waals surface area contributed by atoms with Gasteiger partial charge in [-0.2, -0.15) is 0 Å². The van der Waals surface area contributed by atoms with E-state index in [2.05, 4.69) is 31.9 Å². The van der Waals surface area contributed by atoms with E-state index in [-0.39, 0.29) is 11.7 Å². The van der Waals surface area contributed by atoms with Crippen molar-refractivity contribution in [2.75, 3.05) is 0 Å². The fourth-order valence-electron chi connectivity index (χ4n) is 2.28. The zero-order chi connectivity index (χ0) is 14.7. The standard InChI is InChI=1S/C17H16Br2O/c1-3-13(12-7-5-4-6-8-12)17(20)14-10-15(18)11(2)9-16(14)19/h4-10,13H,3H2,1-2H3. The van der Waals surface area contributed by atoms with Gasteiger partial charge in [-0.25, -0.2) is 0 Å².